The van der Waals surface area contributed by atoms with Gasteiger partial charge < -0.3 is 0 Å². The van der Waals surface area contributed by atoms with E-state index in [1.54, 1.807) is 0 Å². The summed E-state index contributed by atoms with van der Waals surface area (Å²) in [5.41, 5.74) is -1.03. The van der Waals surface area contributed by atoms with Crippen LogP contribution >= 0.6 is 10.7 Å². The quantitative estimate of drug-likeness (QED) is 0.788. The van der Waals surface area contributed by atoms with Crippen LogP contribution in [-0.4, -0.2) is 31.6 Å². The molecule has 1 aliphatic rings. The van der Waals surface area contributed by atoms with Crippen molar-refractivity contribution in [1.29, 1.82) is 0 Å². The molecular formula is C11H10ClF3N2O3S. The van der Waals surface area contributed by atoms with Crippen molar-refractivity contribution in [3.63, 3.8) is 0 Å². The van der Waals surface area contributed by atoms with E-state index in [1.165, 1.54) is 0 Å². The molecule has 2 heterocycles. The van der Waals surface area contributed by atoms with Gasteiger partial charge in [-0.05, 0) is 12.1 Å². The van der Waals surface area contributed by atoms with Gasteiger partial charge in [-0.1, -0.05) is 0 Å². The Labute approximate surface area is 123 Å². The van der Waals surface area contributed by atoms with Crippen LogP contribution in [0.5, 0.6) is 0 Å². The molecule has 0 saturated carbocycles. The van der Waals surface area contributed by atoms with Crippen LogP contribution in [0.15, 0.2) is 18.3 Å². The number of hydrogen-bond donors (Lipinski definition) is 0. The third-order valence-corrected chi connectivity index (χ3v) is 4.24. The molecule has 116 valence electrons. The lowest BCUT2D eigenvalue weighted by Crippen LogP contribution is -2.29. The van der Waals surface area contributed by atoms with Gasteiger partial charge in [0.1, 0.15) is 5.82 Å². The fraction of sp³-hybridized carbons (Fsp3) is 0.455. The molecule has 0 aromatic carbocycles. The Morgan fingerprint density at radius 1 is 1.43 bits per heavy atom. The lowest BCUT2D eigenvalue weighted by Gasteiger charge is -2.20. The number of nitrogens with zero attached hydrogens (tertiary/aromatic N) is 2. The zero-order valence-electron chi connectivity index (χ0n) is 10.5. The van der Waals surface area contributed by atoms with Gasteiger partial charge in [-0.25, -0.2) is 13.4 Å². The maximum atomic E-state index is 12.9. The average molecular weight is 343 g/mol. The van der Waals surface area contributed by atoms with E-state index in [0.29, 0.717) is 0 Å². The molecule has 0 N–H and O–H groups in total. The molecule has 0 radical (unpaired) electrons. The molecule has 1 amide bonds. The maximum Gasteiger partial charge on any atom is 0.419 e. The number of pyridine rings is 1. The zero-order valence-corrected chi connectivity index (χ0v) is 12.0. The number of anilines is 1. The summed E-state index contributed by atoms with van der Waals surface area (Å²) < 4.78 is 60.7. The van der Waals surface area contributed by atoms with Crippen LogP contribution in [0.2, 0.25) is 0 Å². The SMILES string of the molecule is O=C1CC(CS(=O)(=O)Cl)CN1c1ncccc1C(F)(F)F. The molecule has 0 spiro atoms. The molecule has 1 saturated heterocycles. The van der Waals surface area contributed by atoms with E-state index in [-0.39, 0.29) is 13.0 Å². The number of aromatic nitrogens is 1. The first-order valence-corrected chi connectivity index (χ1v) is 8.30. The van der Waals surface area contributed by atoms with Crippen molar-refractivity contribution in [1.82, 2.24) is 4.98 Å². The highest BCUT2D eigenvalue weighted by Crippen LogP contribution is 2.37. The van der Waals surface area contributed by atoms with E-state index in [9.17, 15) is 26.4 Å². The molecule has 2 rings (SSSR count). The predicted molar refractivity (Wildman–Crippen MR) is 69.3 cm³/mol. The topological polar surface area (TPSA) is 67.3 Å². The number of carbonyl (C=O) groups is 1. The Morgan fingerprint density at radius 3 is 2.67 bits per heavy atom. The van der Waals surface area contributed by atoms with Crippen LogP contribution in [0.3, 0.4) is 0 Å². The van der Waals surface area contributed by atoms with E-state index >= 15 is 0 Å². The lowest BCUT2D eigenvalue weighted by atomic mass is 10.1. The van der Waals surface area contributed by atoms with Gasteiger partial charge in [0.2, 0.25) is 15.0 Å². The minimum atomic E-state index is -4.65. The number of hydrogen-bond acceptors (Lipinski definition) is 4. The summed E-state index contributed by atoms with van der Waals surface area (Å²) in [5.74, 6) is -2.23. The van der Waals surface area contributed by atoms with E-state index in [0.717, 1.165) is 23.2 Å². The highest BCUT2D eigenvalue weighted by molar-refractivity contribution is 8.13. The van der Waals surface area contributed by atoms with Crippen molar-refractivity contribution in [2.75, 3.05) is 17.2 Å². The summed E-state index contributed by atoms with van der Waals surface area (Å²) in [7, 11) is 1.28. The number of alkyl halides is 3. The van der Waals surface area contributed by atoms with Gasteiger partial charge in [0.15, 0.2) is 0 Å². The summed E-state index contributed by atoms with van der Waals surface area (Å²) in [6.07, 6.45) is -3.69. The summed E-state index contributed by atoms with van der Waals surface area (Å²) >= 11 is 0. The summed E-state index contributed by atoms with van der Waals surface area (Å²) in [6.45, 7) is -0.162. The first-order chi connectivity index (χ1) is 9.58. The van der Waals surface area contributed by atoms with Crippen molar-refractivity contribution < 1.29 is 26.4 Å². The Hall–Kier alpha value is -1.35. The minimum Gasteiger partial charge on any atom is -0.296 e. The van der Waals surface area contributed by atoms with Crippen LogP contribution in [0.25, 0.3) is 0 Å². The summed E-state index contributed by atoms with van der Waals surface area (Å²) in [5, 5.41) is 0. The first kappa shape index (κ1) is 16.0. The van der Waals surface area contributed by atoms with Gasteiger partial charge in [0.05, 0.1) is 11.3 Å². The first-order valence-electron chi connectivity index (χ1n) is 5.83. The number of carbonyl (C=O) groups excluding carboxylic acids is 1. The average Bonchev–Trinajstić information content (AvgIpc) is 2.66. The molecule has 0 aliphatic carbocycles. The van der Waals surface area contributed by atoms with Gasteiger partial charge in [0, 0.05) is 35.8 Å². The number of halogens is 4. The molecule has 5 nitrogen and oxygen atoms in total. The van der Waals surface area contributed by atoms with Crippen molar-refractivity contribution >= 4 is 31.5 Å². The molecule has 0 bridgehead atoms. The van der Waals surface area contributed by atoms with Crippen molar-refractivity contribution in [3.8, 4) is 0 Å². The zero-order chi connectivity index (χ0) is 15.8. The predicted octanol–water partition coefficient (Wildman–Crippen LogP) is 2.02. The smallest absolute Gasteiger partial charge is 0.296 e. The van der Waals surface area contributed by atoms with Crippen molar-refractivity contribution in [2.45, 2.75) is 12.6 Å². The van der Waals surface area contributed by atoms with Gasteiger partial charge in [-0.2, -0.15) is 13.2 Å². The molecule has 1 aromatic rings. The van der Waals surface area contributed by atoms with Crippen molar-refractivity contribution in [2.24, 2.45) is 5.92 Å². The Balaban J connectivity index is 2.30. The molecular weight excluding hydrogens is 333 g/mol. The number of amides is 1. The normalized spacial score (nSPS) is 20.1. The maximum absolute atomic E-state index is 12.9. The molecule has 1 fully saturated rings. The number of rotatable bonds is 3. The van der Waals surface area contributed by atoms with Crippen LogP contribution in [0, 0.1) is 5.92 Å². The van der Waals surface area contributed by atoms with E-state index in [4.69, 9.17) is 10.7 Å². The van der Waals surface area contributed by atoms with Crippen LogP contribution in [0.4, 0.5) is 19.0 Å². The second kappa shape index (κ2) is 5.45. The summed E-state index contributed by atoms with van der Waals surface area (Å²) in [4.78, 5) is 16.3. The van der Waals surface area contributed by atoms with Gasteiger partial charge in [0.25, 0.3) is 0 Å². The van der Waals surface area contributed by atoms with Gasteiger partial charge >= 0.3 is 6.18 Å². The van der Waals surface area contributed by atoms with Crippen molar-refractivity contribution in [3.05, 3.63) is 23.9 Å². The standard InChI is InChI=1S/C11H10ClF3N2O3S/c12-21(19,20)6-7-4-9(18)17(5-7)10-8(11(13,14)15)2-1-3-16-10/h1-3,7H,4-6H2. The van der Waals surface area contributed by atoms with Crippen LogP contribution in [-0.2, 0) is 20.0 Å². The van der Waals surface area contributed by atoms with E-state index in [1.807, 2.05) is 0 Å². The second-order valence-corrected chi connectivity index (χ2v) is 7.47. The molecule has 1 unspecified atom stereocenters. The fourth-order valence-electron chi connectivity index (χ4n) is 2.21. The van der Waals surface area contributed by atoms with Gasteiger partial charge in [-0.15, -0.1) is 0 Å². The summed E-state index contributed by atoms with van der Waals surface area (Å²) in [6, 6.07) is 1.94. The Morgan fingerprint density at radius 2 is 2.10 bits per heavy atom. The monoisotopic (exact) mass is 342 g/mol. The van der Waals surface area contributed by atoms with Gasteiger partial charge in [-0.3, -0.25) is 9.69 Å². The molecule has 1 atom stereocenters. The third kappa shape index (κ3) is 3.85. The van der Waals surface area contributed by atoms with E-state index < -0.39 is 44.2 Å². The van der Waals surface area contributed by atoms with Crippen LogP contribution in [0.1, 0.15) is 12.0 Å². The fourth-order valence-corrected chi connectivity index (χ4v) is 3.53. The molecule has 21 heavy (non-hydrogen) atoms. The third-order valence-electron chi connectivity index (χ3n) is 2.99. The Bertz CT molecular complexity index is 663. The highest BCUT2D eigenvalue weighted by atomic mass is 35.7. The highest BCUT2D eigenvalue weighted by Gasteiger charge is 2.40. The Kier molecular flexibility index (Phi) is 4.16. The molecule has 10 heteroatoms. The minimum absolute atomic E-state index is 0.162. The largest absolute Gasteiger partial charge is 0.419 e. The molecule has 1 aromatic heterocycles. The van der Waals surface area contributed by atoms with E-state index in [2.05, 4.69) is 4.98 Å². The molecule has 1 aliphatic heterocycles. The lowest BCUT2D eigenvalue weighted by molar-refractivity contribution is -0.137. The van der Waals surface area contributed by atoms with Crippen LogP contribution < -0.4 is 4.90 Å². The second-order valence-electron chi connectivity index (χ2n) is 4.65.